The quantitative estimate of drug-likeness (QED) is 0.842. The Kier molecular flexibility index (Phi) is 5.46. The van der Waals surface area contributed by atoms with Gasteiger partial charge in [0, 0.05) is 43.9 Å². The first-order chi connectivity index (χ1) is 9.61. The fourth-order valence-corrected chi connectivity index (χ4v) is 2.78. The molecular formula is C15H22FN3S. The maximum absolute atomic E-state index is 14.3. The molecule has 1 heterocycles. The lowest BCUT2D eigenvalue weighted by molar-refractivity contribution is 0.126. The van der Waals surface area contributed by atoms with E-state index >= 15 is 0 Å². The van der Waals surface area contributed by atoms with Gasteiger partial charge in [-0.05, 0) is 19.0 Å². The van der Waals surface area contributed by atoms with Crippen LogP contribution in [0.3, 0.4) is 0 Å². The molecule has 1 aliphatic rings. The van der Waals surface area contributed by atoms with Crippen molar-refractivity contribution in [1.29, 1.82) is 0 Å². The molecule has 20 heavy (non-hydrogen) atoms. The molecule has 0 radical (unpaired) electrons. The van der Waals surface area contributed by atoms with Crippen LogP contribution >= 0.6 is 12.2 Å². The van der Waals surface area contributed by atoms with Gasteiger partial charge in [-0.2, -0.15) is 0 Å². The van der Waals surface area contributed by atoms with Gasteiger partial charge in [0.15, 0.2) is 0 Å². The van der Waals surface area contributed by atoms with Crippen molar-refractivity contribution in [2.75, 3.05) is 32.7 Å². The first-order valence-corrected chi connectivity index (χ1v) is 7.54. The van der Waals surface area contributed by atoms with Crippen LogP contribution in [-0.2, 0) is 6.54 Å². The van der Waals surface area contributed by atoms with Crippen LogP contribution in [-0.4, -0.2) is 47.5 Å². The third-order valence-electron chi connectivity index (χ3n) is 3.74. The number of piperazine rings is 1. The Morgan fingerprint density at radius 3 is 2.50 bits per heavy atom. The van der Waals surface area contributed by atoms with Crippen LogP contribution in [0.25, 0.3) is 0 Å². The van der Waals surface area contributed by atoms with E-state index in [1.807, 2.05) is 12.1 Å². The van der Waals surface area contributed by atoms with Crippen LogP contribution in [0.15, 0.2) is 18.2 Å². The van der Waals surface area contributed by atoms with Crippen molar-refractivity contribution < 1.29 is 4.39 Å². The first kappa shape index (κ1) is 15.4. The second-order valence-corrected chi connectivity index (χ2v) is 5.70. The van der Waals surface area contributed by atoms with Crippen LogP contribution < -0.4 is 5.73 Å². The average molecular weight is 295 g/mol. The second kappa shape index (κ2) is 7.11. The number of hydrogen-bond donors (Lipinski definition) is 1. The van der Waals surface area contributed by atoms with Crippen molar-refractivity contribution in [1.82, 2.24) is 9.80 Å². The number of thiocarbonyl (C=S) groups is 1. The maximum atomic E-state index is 14.3. The lowest BCUT2D eigenvalue weighted by Gasteiger charge is -2.34. The van der Waals surface area contributed by atoms with E-state index < -0.39 is 0 Å². The Labute approximate surface area is 125 Å². The Morgan fingerprint density at radius 1 is 1.25 bits per heavy atom. The van der Waals surface area contributed by atoms with Gasteiger partial charge >= 0.3 is 0 Å². The minimum atomic E-state index is -0.268. The zero-order chi connectivity index (χ0) is 14.5. The van der Waals surface area contributed by atoms with E-state index in [0.717, 1.165) is 32.7 Å². The van der Waals surface area contributed by atoms with Gasteiger partial charge < -0.3 is 10.6 Å². The summed E-state index contributed by atoms with van der Waals surface area (Å²) in [6.07, 6.45) is 1.19. The maximum Gasteiger partial charge on any atom is 0.137 e. The van der Waals surface area contributed by atoms with Crippen molar-refractivity contribution in [2.24, 2.45) is 5.73 Å². The molecule has 2 N–H and O–H groups in total. The topological polar surface area (TPSA) is 32.5 Å². The molecule has 1 aromatic carbocycles. The van der Waals surface area contributed by atoms with Gasteiger partial charge in [0.25, 0.3) is 0 Å². The molecule has 0 saturated carbocycles. The average Bonchev–Trinajstić information content (AvgIpc) is 2.43. The first-order valence-electron chi connectivity index (χ1n) is 7.13. The number of halogens is 1. The molecule has 1 saturated heterocycles. The summed E-state index contributed by atoms with van der Waals surface area (Å²) in [6, 6.07) is 5.27. The van der Waals surface area contributed by atoms with Crippen molar-refractivity contribution >= 4 is 17.2 Å². The van der Waals surface area contributed by atoms with Crippen LogP contribution in [0.2, 0.25) is 0 Å². The Hall–Kier alpha value is -1.04. The highest BCUT2D eigenvalue weighted by Crippen LogP contribution is 2.16. The molecule has 1 aromatic rings. The zero-order valence-electron chi connectivity index (χ0n) is 11.9. The SMILES string of the molecule is CCCN1CCN(Cc2cccc(C(N)=S)c2F)CC1. The normalized spacial score (nSPS) is 17.3. The fourth-order valence-electron chi connectivity index (χ4n) is 2.62. The molecule has 1 aliphatic heterocycles. The minimum absolute atomic E-state index is 0.122. The van der Waals surface area contributed by atoms with Crippen LogP contribution in [0.1, 0.15) is 24.5 Å². The summed E-state index contributed by atoms with van der Waals surface area (Å²) in [6.45, 7) is 8.06. The van der Waals surface area contributed by atoms with Crippen LogP contribution in [0.5, 0.6) is 0 Å². The molecule has 0 aromatic heterocycles. The standard InChI is InChI=1S/C15H22FN3S/c1-2-6-18-7-9-19(10-8-18)11-12-4-3-5-13(14(12)16)15(17)20/h3-5H,2,6-11H2,1H3,(H2,17,20). The third kappa shape index (κ3) is 3.75. The lowest BCUT2D eigenvalue weighted by atomic mass is 10.1. The molecule has 2 rings (SSSR count). The highest BCUT2D eigenvalue weighted by atomic mass is 32.1. The van der Waals surface area contributed by atoms with Gasteiger partial charge in [0.1, 0.15) is 10.8 Å². The van der Waals surface area contributed by atoms with E-state index in [4.69, 9.17) is 18.0 Å². The van der Waals surface area contributed by atoms with Crippen LogP contribution in [0.4, 0.5) is 4.39 Å². The highest BCUT2D eigenvalue weighted by molar-refractivity contribution is 7.80. The summed E-state index contributed by atoms with van der Waals surface area (Å²) in [4.78, 5) is 4.86. The minimum Gasteiger partial charge on any atom is -0.389 e. The molecule has 1 fully saturated rings. The lowest BCUT2D eigenvalue weighted by Crippen LogP contribution is -2.46. The number of hydrogen-bond acceptors (Lipinski definition) is 3. The van der Waals surface area contributed by atoms with Gasteiger partial charge in [0.05, 0.1) is 0 Å². The van der Waals surface area contributed by atoms with Crippen molar-refractivity contribution in [3.8, 4) is 0 Å². The summed E-state index contributed by atoms with van der Waals surface area (Å²) >= 11 is 4.88. The number of nitrogens with zero attached hydrogens (tertiary/aromatic N) is 2. The summed E-state index contributed by atoms with van der Waals surface area (Å²) in [5, 5.41) is 0. The predicted octanol–water partition coefficient (Wildman–Crippen LogP) is 1.99. The third-order valence-corrected chi connectivity index (χ3v) is 3.96. The summed E-state index contributed by atoms with van der Waals surface area (Å²) in [5.74, 6) is -0.268. The van der Waals surface area contributed by atoms with Gasteiger partial charge in [-0.1, -0.05) is 31.3 Å². The van der Waals surface area contributed by atoms with E-state index in [1.54, 1.807) is 6.07 Å². The van der Waals surface area contributed by atoms with Gasteiger partial charge in [-0.15, -0.1) is 0 Å². The molecule has 110 valence electrons. The van der Waals surface area contributed by atoms with Crippen molar-refractivity contribution in [3.63, 3.8) is 0 Å². The van der Waals surface area contributed by atoms with E-state index in [0.29, 0.717) is 17.7 Å². The molecular weight excluding hydrogens is 273 g/mol. The number of rotatable bonds is 5. The fraction of sp³-hybridized carbons (Fsp3) is 0.533. The molecule has 3 nitrogen and oxygen atoms in total. The van der Waals surface area contributed by atoms with Gasteiger partial charge in [-0.25, -0.2) is 4.39 Å². The highest BCUT2D eigenvalue weighted by Gasteiger charge is 2.18. The molecule has 0 atom stereocenters. The number of nitrogens with two attached hydrogens (primary N) is 1. The monoisotopic (exact) mass is 295 g/mol. The van der Waals surface area contributed by atoms with E-state index in [2.05, 4.69) is 16.7 Å². The molecule has 0 aliphatic carbocycles. The molecule has 0 amide bonds. The molecule has 0 unspecified atom stereocenters. The summed E-state index contributed by atoms with van der Waals surface area (Å²) in [5.41, 5.74) is 6.57. The smallest absolute Gasteiger partial charge is 0.137 e. The second-order valence-electron chi connectivity index (χ2n) is 5.26. The van der Waals surface area contributed by atoms with Crippen LogP contribution in [0, 0.1) is 5.82 Å². The molecule has 0 spiro atoms. The Morgan fingerprint density at radius 2 is 1.90 bits per heavy atom. The largest absolute Gasteiger partial charge is 0.389 e. The summed E-state index contributed by atoms with van der Waals surface area (Å²) in [7, 11) is 0. The van der Waals surface area contributed by atoms with E-state index in [9.17, 15) is 4.39 Å². The summed E-state index contributed by atoms with van der Waals surface area (Å²) < 4.78 is 14.3. The van der Waals surface area contributed by atoms with E-state index in [1.165, 1.54) is 6.42 Å². The molecule has 5 heteroatoms. The Bertz CT molecular complexity index is 470. The zero-order valence-corrected chi connectivity index (χ0v) is 12.8. The Balaban J connectivity index is 1.98. The van der Waals surface area contributed by atoms with E-state index in [-0.39, 0.29) is 10.8 Å². The van der Waals surface area contributed by atoms with Crippen molar-refractivity contribution in [2.45, 2.75) is 19.9 Å². The number of benzene rings is 1. The predicted molar refractivity (Wildman–Crippen MR) is 84.3 cm³/mol. The van der Waals surface area contributed by atoms with Crippen molar-refractivity contribution in [3.05, 3.63) is 35.1 Å². The van der Waals surface area contributed by atoms with Gasteiger partial charge in [0.2, 0.25) is 0 Å². The van der Waals surface area contributed by atoms with Gasteiger partial charge in [-0.3, -0.25) is 4.90 Å². The molecule has 0 bridgehead atoms.